The third-order valence-electron chi connectivity index (χ3n) is 5.03. The van der Waals surface area contributed by atoms with Crippen LogP contribution in [-0.2, 0) is 0 Å². The molecule has 1 aromatic rings. The lowest BCUT2D eigenvalue weighted by molar-refractivity contribution is 0.151. The van der Waals surface area contributed by atoms with Crippen LogP contribution in [0.1, 0.15) is 39.0 Å². The first-order chi connectivity index (χ1) is 11.2. The average molecular weight is 317 g/mol. The van der Waals surface area contributed by atoms with Crippen molar-refractivity contribution in [3.05, 3.63) is 24.3 Å². The molecule has 2 fully saturated rings. The summed E-state index contributed by atoms with van der Waals surface area (Å²) >= 11 is 0. The smallest absolute Gasteiger partial charge is 0.319 e. The highest BCUT2D eigenvalue weighted by molar-refractivity contribution is 5.91. The second-order valence-electron chi connectivity index (χ2n) is 6.66. The minimum absolute atomic E-state index is 0.133. The van der Waals surface area contributed by atoms with Crippen LogP contribution in [0.4, 0.5) is 10.5 Å². The van der Waals surface area contributed by atoms with Crippen LogP contribution in [0.25, 0.3) is 0 Å². The summed E-state index contributed by atoms with van der Waals surface area (Å²) in [6, 6.07) is 8.98. The summed E-state index contributed by atoms with van der Waals surface area (Å²) in [4.78, 5) is 14.8. The van der Waals surface area contributed by atoms with Gasteiger partial charge in [-0.2, -0.15) is 0 Å². The molecule has 2 amide bonds. The van der Waals surface area contributed by atoms with Gasteiger partial charge in [-0.25, -0.2) is 4.79 Å². The van der Waals surface area contributed by atoms with Crippen molar-refractivity contribution in [3.8, 4) is 5.75 Å². The van der Waals surface area contributed by atoms with Crippen LogP contribution in [0.15, 0.2) is 24.3 Å². The van der Waals surface area contributed by atoms with E-state index in [0.717, 1.165) is 30.7 Å². The third-order valence-corrected chi connectivity index (χ3v) is 5.03. The highest BCUT2D eigenvalue weighted by Crippen LogP contribution is 2.34. The maximum absolute atomic E-state index is 12.3. The first-order valence-electron chi connectivity index (χ1n) is 8.68. The number of carbonyl (C=O) groups excluding carboxylic acids is 1. The summed E-state index contributed by atoms with van der Waals surface area (Å²) in [5.41, 5.74) is 0.731. The number of carbonyl (C=O) groups is 1. The Balaban J connectivity index is 1.56. The number of fused-ring (bicyclic) bond motifs is 2. The lowest BCUT2D eigenvalue weighted by atomic mass is 9.98. The van der Waals surface area contributed by atoms with Gasteiger partial charge in [0.25, 0.3) is 0 Å². The van der Waals surface area contributed by atoms with E-state index in [0.29, 0.717) is 18.7 Å². The molecule has 3 atom stereocenters. The summed E-state index contributed by atoms with van der Waals surface area (Å²) in [5.74, 6) is 0.730. The Morgan fingerprint density at radius 2 is 1.96 bits per heavy atom. The molecule has 1 aromatic carbocycles. The number of rotatable bonds is 5. The highest BCUT2D eigenvalue weighted by Gasteiger charge is 2.38. The van der Waals surface area contributed by atoms with Crippen molar-refractivity contribution in [2.75, 3.05) is 19.0 Å². The number of ether oxygens (including phenoxy) is 1. The van der Waals surface area contributed by atoms with E-state index in [4.69, 9.17) is 4.74 Å². The maximum Gasteiger partial charge on any atom is 0.319 e. The number of benzene rings is 1. The van der Waals surface area contributed by atoms with Crippen molar-refractivity contribution in [3.63, 3.8) is 0 Å². The van der Waals surface area contributed by atoms with Crippen molar-refractivity contribution < 1.29 is 9.53 Å². The molecule has 2 aliphatic heterocycles. The third kappa shape index (κ3) is 3.78. The summed E-state index contributed by atoms with van der Waals surface area (Å²) in [5, 5.41) is 6.08. The molecule has 0 saturated carbocycles. The Hall–Kier alpha value is -1.75. The fourth-order valence-electron chi connectivity index (χ4n) is 3.78. The summed E-state index contributed by atoms with van der Waals surface area (Å²) < 4.78 is 5.69. The normalized spacial score (nSPS) is 26.8. The van der Waals surface area contributed by atoms with Gasteiger partial charge in [-0.1, -0.05) is 19.1 Å². The molecule has 2 saturated heterocycles. The number of hydrogen-bond donors (Lipinski definition) is 2. The minimum Gasteiger partial charge on any atom is -0.491 e. The Bertz CT molecular complexity index is 535. The number of amides is 2. The lowest BCUT2D eigenvalue weighted by Crippen LogP contribution is -2.49. The molecular formula is C18H27N3O2. The Morgan fingerprint density at radius 3 is 2.65 bits per heavy atom. The number of nitrogens with zero attached hydrogens (tertiary/aromatic N) is 1. The molecule has 0 aromatic heterocycles. The van der Waals surface area contributed by atoms with Crippen LogP contribution in [0, 0.1) is 0 Å². The molecule has 2 N–H and O–H groups in total. The molecule has 0 spiro atoms. The fraction of sp³-hybridized carbons (Fsp3) is 0.611. The van der Waals surface area contributed by atoms with E-state index < -0.39 is 0 Å². The van der Waals surface area contributed by atoms with Crippen LogP contribution in [0.5, 0.6) is 5.75 Å². The van der Waals surface area contributed by atoms with Crippen LogP contribution < -0.4 is 15.4 Å². The Morgan fingerprint density at radius 1 is 1.26 bits per heavy atom. The highest BCUT2D eigenvalue weighted by atomic mass is 16.5. The van der Waals surface area contributed by atoms with Crippen molar-refractivity contribution in [1.29, 1.82) is 0 Å². The van der Waals surface area contributed by atoms with Crippen molar-refractivity contribution in [2.45, 2.75) is 57.2 Å². The molecule has 5 nitrogen and oxygen atoms in total. The van der Waals surface area contributed by atoms with E-state index in [2.05, 4.69) is 29.5 Å². The lowest BCUT2D eigenvalue weighted by Gasteiger charge is -2.36. The molecule has 1 unspecified atom stereocenters. The molecule has 3 rings (SSSR count). The minimum atomic E-state index is -0.133. The van der Waals surface area contributed by atoms with E-state index in [1.807, 2.05) is 24.3 Å². The average Bonchev–Trinajstić information content (AvgIpc) is 2.75. The van der Waals surface area contributed by atoms with E-state index in [1.165, 1.54) is 12.8 Å². The number of urea groups is 1. The van der Waals surface area contributed by atoms with Crippen molar-refractivity contribution in [2.24, 2.45) is 0 Å². The largest absolute Gasteiger partial charge is 0.491 e. The predicted octanol–water partition coefficient (Wildman–Crippen LogP) is 3.22. The fourth-order valence-corrected chi connectivity index (χ4v) is 3.78. The second-order valence-corrected chi connectivity index (χ2v) is 6.66. The van der Waals surface area contributed by atoms with Gasteiger partial charge in [-0.05, 0) is 51.3 Å². The van der Waals surface area contributed by atoms with E-state index in [9.17, 15) is 4.79 Å². The summed E-state index contributed by atoms with van der Waals surface area (Å²) in [7, 11) is 2.21. The van der Waals surface area contributed by atoms with Gasteiger partial charge in [0.15, 0.2) is 0 Å². The maximum atomic E-state index is 12.3. The molecule has 2 heterocycles. The first kappa shape index (κ1) is 16.1. The van der Waals surface area contributed by atoms with Crippen LogP contribution in [0.2, 0.25) is 0 Å². The molecule has 126 valence electrons. The molecule has 0 aliphatic carbocycles. The van der Waals surface area contributed by atoms with Gasteiger partial charge in [0.2, 0.25) is 0 Å². The zero-order chi connectivity index (χ0) is 16.2. The molecular weight excluding hydrogens is 290 g/mol. The Labute approximate surface area is 138 Å². The number of nitrogens with one attached hydrogen (secondary N) is 2. The number of anilines is 1. The molecule has 2 aliphatic rings. The zero-order valence-electron chi connectivity index (χ0n) is 14.0. The standard InChI is InChI=1S/C18H27N3O2/c1-3-10-23-17-7-5-4-6-16(17)20-18(22)19-13-11-14-8-9-15(12-13)21(14)2/h4-7,13-15H,3,8-12H2,1-2H3,(H2,19,20,22)/t13?,14-,15+. The van der Waals surface area contributed by atoms with Gasteiger partial charge < -0.3 is 20.3 Å². The van der Waals surface area contributed by atoms with Gasteiger partial charge >= 0.3 is 6.03 Å². The van der Waals surface area contributed by atoms with Gasteiger partial charge in [-0.3, -0.25) is 0 Å². The van der Waals surface area contributed by atoms with E-state index >= 15 is 0 Å². The predicted molar refractivity (Wildman–Crippen MR) is 92.0 cm³/mol. The topological polar surface area (TPSA) is 53.6 Å². The molecule has 23 heavy (non-hydrogen) atoms. The van der Waals surface area contributed by atoms with Gasteiger partial charge in [-0.15, -0.1) is 0 Å². The van der Waals surface area contributed by atoms with Crippen LogP contribution in [-0.4, -0.2) is 42.7 Å². The van der Waals surface area contributed by atoms with E-state index in [1.54, 1.807) is 0 Å². The van der Waals surface area contributed by atoms with Crippen LogP contribution >= 0.6 is 0 Å². The first-order valence-corrected chi connectivity index (χ1v) is 8.68. The molecule has 5 heteroatoms. The van der Waals surface area contributed by atoms with E-state index in [-0.39, 0.29) is 12.1 Å². The molecule has 0 radical (unpaired) electrons. The SMILES string of the molecule is CCCOc1ccccc1NC(=O)NC1C[C@H]2CC[C@@H](C1)N2C. The van der Waals surface area contributed by atoms with Gasteiger partial charge in [0.05, 0.1) is 12.3 Å². The Kier molecular flexibility index (Phi) is 5.06. The van der Waals surface area contributed by atoms with Crippen molar-refractivity contribution in [1.82, 2.24) is 10.2 Å². The summed E-state index contributed by atoms with van der Waals surface area (Å²) in [6.45, 7) is 2.72. The quantitative estimate of drug-likeness (QED) is 0.877. The number of piperidine rings is 1. The molecule has 2 bridgehead atoms. The number of para-hydroxylation sites is 2. The van der Waals surface area contributed by atoms with Crippen LogP contribution in [0.3, 0.4) is 0 Å². The number of hydrogen-bond acceptors (Lipinski definition) is 3. The zero-order valence-corrected chi connectivity index (χ0v) is 14.0. The van der Waals surface area contributed by atoms with Gasteiger partial charge in [0, 0.05) is 18.1 Å². The van der Waals surface area contributed by atoms with Gasteiger partial charge in [0.1, 0.15) is 5.75 Å². The monoisotopic (exact) mass is 317 g/mol. The second kappa shape index (κ2) is 7.21. The summed E-state index contributed by atoms with van der Waals surface area (Å²) in [6.07, 6.45) is 5.56. The van der Waals surface area contributed by atoms with Crippen molar-refractivity contribution >= 4 is 11.7 Å².